The Labute approximate surface area is 378 Å². The Morgan fingerprint density at radius 1 is 0.969 bits per heavy atom. The molecule has 0 spiro atoms. The Hall–Kier alpha value is -5.85. The first-order valence-corrected chi connectivity index (χ1v) is 22.3. The van der Waals surface area contributed by atoms with Crippen molar-refractivity contribution in [3.05, 3.63) is 118 Å². The fraction of sp³-hybridized carbons (Fsp3) is 0.479. The number of hydrogen-bond acceptors (Lipinski definition) is 14. The van der Waals surface area contributed by atoms with E-state index in [0.717, 1.165) is 29.5 Å². The molecule has 1 saturated carbocycles. The Morgan fingerprint density at radius 2 is 1.71 bits per heavy atom. The van der Waals surface area contributed by atoms with Gasteiger partial charge in [-0.25, -0.2) is 9.59 Å². The quantitative estimate of drug-likeness (QED) is 0.0307. The van der Waals surface area contributed by atoms with E-state index in [0.29, 0.717) is 37.1 Å². The summed E-state index contributed by atoms with van der Waals surface area (Å²) in [6.07, 6.45) is 6.41. The molecular formula is C48H60N4O13. The Balaban J connectivity index is 1.52. The van der Waals surface area contributed by atoms with Crippen molar-refractivity contribution in [2.75, 3.05) is 52.8 Å². The summed E-state index contributed by atoms with van der Waals surface area (Å²) in [4.78, 5) is 46.1. The van der Waals surface area contributed by atoms with Gasteiger partial charge in [0.2, 0.25) is 5.79 Å². The third-order valence-electron chi connectivity index (χ3n) is 12.0. The van der Waals surface area contributed by atoms with Crippen LogP contribution in [0.15, 0.2) is 102 Å². The Bertz CT molecular complexity index is 2120. The molecule has 2 amide bonds. The van der Waals surface area contributed by atoms with Gasteiger partial charge in [0.1, 0.15) is 29.9 Å². The van der Waals surface area contributed by atoms with Crippen LogP contribution in [0.2, 0.25) is 0 Å². The van der Waals surface area contributed by atoms with E-state index in [1.165, 1.54) is 29.2 Å². The van der Waals surface area contributed by atoms with Gasteiger partial charge in [-0.1, -0.05) is 60.5 Å². The molecule has 4 N–H and O–H groups in total. The molecule has 0 bridgehead atoms. The van der Waals surface area contributed by atoms with Gasteiger partial charge in [-0.15, -0.1) is 6.58 Å². The maximum absolute atomic E-state index is 14.7. The number of unbranched alkanes of at least 4 members (excludes halogenated alkanes) is 2. The van der Waals surface area contributed by atoms with Crippen molar-refractivity contribution in [2.45, 2.75) is 76.2 Å². The van der Waals surface area contributed by atoms with Crippen LogP contribution in [0.5, 0.6) is 17.2 Å². The van der Waals surface area contributed by atoms with Crippen LogP contribution in [0.25, 0.3) is 0 Å². The molecule has 2 aliphatic carbocycles. The number of hydrogen-bond donors (Lipinski definition) is 4. The summed E-state index contributed by atoms with van der Waals surface area (Å²) in [5.74, 6) is -2.10. The number of amides is 2. The summed E-state index contributed by atoms with van der Waals surface area (Å²) in [5.41, 5.74) is 2.82. The van der Waals surface area contributed by atoms with Crippen molar-refractivity contribution in [1.82, 2.24) is 10.2 Å². The number of aliphatic hydroxyl groups excluding tert-OH is 3. The molecule has 0 radical (unpaired) electrons. The van der Waals surface area contributed by atoms with E-state index < -0.39 is 40.8 Å². The van der Waals surface area contributed by atoms with Gasteiger partial charge in [-0.2, -0.15) is 0 Å². The number of carbonyl (C=O) groups excluding carboxylic acids is 2. The molecule has 1 fully saturated rings. The molecule has 3 aromatic carbocycles. The molecule has 0 saturated heterocycles. The molecule has 0 aromatic heterocycles. The highest BCUT2D eigenvalue weighted by Gasteiger charge is 2.65. The van der Waals surface area contributed by atoms with Crippen molar-refractivity contribution in [2.24, 2.45) is 22.9 Å². The maximum Gasteiger partial charge on any atom is 0.415 e. The van der Waals surface area contributed by atoms with Crippen LogP contribution in [0.3, 0.4) is 0 Å². The number of rotatable bonds is 24. The zero-order valence-corrected chi connectivity index (χ0v) is 36.8. The first-order valence-electron chi connectivity index (χ1n) is 22.3. The second-order valence-corrected chi connectivity index (χ2v) is 16.1. The van der Waals surface area contributed by atoms with E-state index in [1.807, 2.05) is 43.3 Å². The number of ether oxygens (including phenoxy) is 5. The van der Waals surface area contributed by atoms with Crippen LogP contribution >= 0.6 is 0 Å². The molecule has 350 valence electrons. The molecule has 3 aromatic rings. The van der Waals surface area contributed by atoms with Gasteiger partial charge in [0.15, 0.2) is 0 Å². The van der Waals surface area contributed by atoms with Gasteiger partial charge in [-0.05, 0) is 85.9 Å². The molecule has 3 aliphatic rings. The minimum Gasteiger partial charge on any atom is -0.459 e. The molecule has 1 aliphatic heterocycles. The first kappa shape index (κ1) is 48.6. The minimum absolute atomic E-state index is 0.00438. The van der Waals surface area contributed by atoms with Gasteiger partial charge in [0.25, 0.3) is 5.69 Å². The van der Waals surface area contributed by atoms with Crippen LogP contribution in [0.1, 0.15) is 68.9 Å². The number of nitrogens with one attached hydrogen (secondary N) is 1. The predicted octanol–water partition coefficient (Wildman–Crippen LogP) is 7.05. The molecule has 65 heavy (non-hydrogen) atoms. The van der Waals surface area contributed by atoms with Gasteiger partial charge in [0.05, 0.1) is 43.0 Å². The lowest BCUT2D eigenvalue weighted by atomic mass is 9.55. The number of nitro benzene ring substituents is 1. The number of fused-ring (bicyclic) bond motifs is 2. The van der Waals surface area contributed by atoms with Crippen LogP contribution in [-0.4, -0.2) is 108 Å². The number of aliphatic hydroxyl groups is 3. The predicted molar refractivity (Wildman–Crippen MR) is 240 cm³/mol. The molecule has 6 atom stereocenters. The number of non-ortho nitro benzene ring substituents is 1. The van der Waals surface area contributed by atoms with Crippen LogP contribution in [-0.2, 0) is 20.9 Å². The summed E-state index contributed by atoms with van der Waals surface area (Å²) in [6, 6.07) is 18.8. The molecule has 17 nitrogen and oxygen atoms in total. The fourth-order valence-corrected chi connectivity index (χ4v) is 9.27. The number of nitro groups is 1. The SMILES string of the molecule is C=CCOC12Oc3ccc(OC(=O)NCc4ccccc4)cc3C3C(CCCCO)C(CCCCO)C=C(C(=NOCC)CC1N(CCOCCO)C(=O)Oc1ccc([N+](=O)[O-])cc1)C32. The average Bonchev–Trinajstić information content (AvgIpc) is 3.31. The largest absolute Gasteiger partial charge is 0.459 e. The second kappa shape index (κ2) is 23.9. The zero-order valence-electron chi connectivity index (χ0n) is 36.8. The molecule has 1 heterocycles. The first-order chi connectivity index (χ1) is 31.7. The third kappa shape index (κ3) is 11.9. The molecule has 6 rings (SSSR count). The Morgan fingerprint density at radius 3 is 2.40 bits per heavy atom. The average molecular weight is 901 g/mol. The highest BCUT2D eigenvalue weighted by Crippen LogP contribution is 2.62. The standard InChI is InChI=1S/C48H60N4O13/c1-3-26-61-48-43(51(22-27-60-28-25-55)47(57)64-36-18-16-35(17-19-36)52(58)59)31-41(50-62-4-2)39-29-34(14-8-10-23-53)38(15-9-11-24-54)44(45(39)48)40-30-37(20-21-42(40)65-48)63-46(56)49-32-33-12-6-5-7-13-33/h3,5-7,12-13,16-21,29-30,34,38,43-45,53-55H,1,4,8-11,14-15,22-28,31-32H2,2H3,(H,49,56). The van der Waals surface area contributed by atoms with Crippen molar-refractivity contribution < 1.29 is 58.4 Å². The van der Waals surface area contributed by atoms with Crippen LogP contribution in [0.4, 0.5) is 15.3 Å². The van der Waals surface area contributed by atoms with Gasteiger partial charge in [0, 0.05) is 56.3 Å². The topological polar surface area (TPSA) is 221 Å². The van der Waals surface area contributed by atoms with Crippen molar-refractivity contribution >= 4 is 23.6 Å². The van der Waals surface area contributed by atoms with E-state index in [2.05, 4.69) is 23.1 Å². The highest BCUT2D eigenvalue weighted by molar-refractivity contribution is 6.03. The summed E-state index contributed by atoms with van der Waals surface area (Å²) >= 11 is 0. The van der Waals surface area contributed by atoms with Crippen molar-refractivity contribution in [3.8, 4) is 17.2 Å². The third-order valence-corrected chi connectivity index (χ3v) is 12.0. The zero-order chi connectivity index (χ0) is 46.2. The van der Waals surface area contributed by atoms with Crippen molar-refractivity contribution in [3.63, 3.8) is 0 Å². The van der Waals surface area contributed by atoms with Gasteiger partial charge in [-0.3, -0.25) is 15.0 Å². The molecular weight excluding hydrogens is 841 g/mol. The summed E-state index contributed by atoms with van der Waals surface area (Å²) < 4.78 is 31.7. The lowest BCUT2D eigenvalue weighted by Gasteiger charge is -2.59. The summed E-state index contributed by atoms with van der Waals surface area (Å²) in [6.45, 7) is 6.04. The number of allylic oxidation sites excluding steroid dienone is 1. The van der Waals surface area contributed by atoms with Gasteiger partial charge >= 0.3 is 12.2 Å². The smallest absolute Gasteiger partial charge is 0.415 e. The normalized spacial score (nSPS) is 22.4. The highest BCUT2D eigenvalue weighted by atomic mass is 16.7. The van der Waals surface area contributed by atoms with E-state index in [1.54, 1.807) is 18.2 Å². The number of oxime groups is 1. The number of benzene rings is 3. The lowest BCUT2D eigenvalue weighted by Crippen LogP contribution is -2.70. The van der Waals surface area contributed by atoms with Crippen LogP contribution < -0.4 is 19.5 Å². The van der Waals surface area contributed by atoms with E-state index in [-0.39, 0.29) is 94.8 Å². The van der Waals surface area contributed by atoms with E-state index in [4.69, 9.17) is 28.5 Å². The second-order valence-electron chi connectivity index (χ2n) is 16.1. The van der Waals surface area contributed by atoms with E-state index in [9.17, 15) is 35.0 Å². The molecule has 6 unspecified atom stereocenters. The van der Waals surface area contributed by atoms with E-state index >= 15 is 0 Å². The maximum atomic E-state index is 14.7. The number of nitrogens with zero attached hydrogens (tertiary/aromatic N) is 3. The number of carbonyl (C=O) groups is 2. The summed E-state index contributed by atoms with van der Waals surface area (Å²) in [5, 5.41) is 48.3. The van der Waals surface area contributed by atoms with Gasteiger partial charge < -0.3 is 49.2 Å². The molecule has 17 heteroatoms. The van der Waals surface area contributed by atoms with Crippen molar-refractivity contribution in [1.29, 1.82) is 0 Å². The fourth-order valence-electron chi connectivity index (χ4n) is 9.27. The summed E-state index contributed by atoms with van der Waals surface area (Å²) in [7, 11) is 0. The lowest BCUT2D eigenvalue weighted by molar-refractivity contribution is -0.384. The van der Waals surface area contributed by atoms with Crippen LogP contribution in [0, 0.1) is 27.9 Å². The Kier molecular flexibility index (Phi) is 17.9. The minimum atomic E-state index is -1.64. The monoisotopic (exact) mass is 900 g/mol.